The molecule has 106 valence electrons. The average Bonchev–Trinajstić information content (AvgIpc) is 2.25. The third kappa shape index (κ3) is 5.30. The van der Waals surface area contributed by atoms with Crippen molar-refractivity contribution in [1.82, 2.24) is 0 Å². The van der Waals surface area contributed by atoms with Crippen LogP contribution in [0, 0.1) is 5.41 Å². The highest BCUT2D eigenvalue weighted by Crippen LogP contribution is 2.23. The molecule has 1 aromatic carbocycles. The number of amides is 1. The lowest BCUT2D eigenvalue weighted by atomic mass is 9.87. The summed E-state index contributed by atoms with van der Waals surface area (Å²) in [7, 11) is 1.70. The Hall–Kier alpha value is -1.55. The topological polar surface area (TPSA) is 66.6 Å². The molecule has 4 heteroatoms. The molecule has 0 fully saturated rings. The van der Waals surface area contributed by atoms with Crippen LogP contribution in [0.4, 0.5) is 5.69 Å². The largest absolute Gasteiger partial charge is 0.508 e. The predicted octanol–water partition coefficient (Wildman–Crippen LogP) is 2.51. The number of hydrogen-bond donors (Lipinski definition) is 2. The number of carbonyl (C=O) groups is 1. The number of nitrogens with zero attached hydrogens (tertiary/aromatic N) is 1. The number of phenols is 1. The van der Waals surface area contributed by atoms with E-state index >= 15 is 0 Å². The maximum absolute atomic E-state index is 12.1. The average molecular weight is 264 g/mol. The van der Waals surface area contributed by atoms with E-state index in [4.69, 9.17) is 5.73 Å². The summed E-state index contributed by atoms with van der Waals surface area (Å²) in [5.74, 6) is 0.110. The van der Waals surface area contributed by atoms with Crippen LogP contribution in [-0.2, 0) is 4.79 Å². The molecular weight excluding hydrogens is 240 g/mol. The van der Waals surface area contributed by atoms with Crippen molar-refractivity contribution >= 4 is 11.6 Å². The van der Waals surface area contributed by atoms with E-state index in [2.05, 4.69) is 20.8 Å². The number of aromatic hydroxyl groups is 1. The first-order valence-electron chi connectivity index (χ1n) is 6.50. The molecule has 0 aromatic heterocycles. The zero-order chi connectivity index (χ0) is 14.6. The highest BCUT2D eigenvalue weighted by molar-refractivity contribution is 5.93. The van der Waals surface area contributed by atoms with Crippen LogP contribution >= 0.6 is 0 Å². The number of nitrogens with two attached hydrogens (primary N) is 1. The van der Waals surface area contributed by atoms with Crippen molar-refractivity contribution in [3.8, 4) is 5.75 Å². The molecule has 1 rings (SSSR count). The van der Waals surface area contributed by atoms with Crippen LogP contribution in [0.3, 0.4) is 0 Å². The summed E-state index contributed by atoms with van der Waals surface area (Å²) in [4.78, 5) is 13.6. The van der Waals surface area contributed by atoms with Gasteiger partial charge in [-0.3, -0.25) is 4.79 Å². The second-order valence-corrected chi connectivity index (χ2v) is 6.20. The van der Waals surface area contributed by atoms with Gasteiger partial charge in [0.25, 0.3) is 0 Å². The van der Waals surface area contributed by atoms with Crippen LogP contribution in [0.15, 0.2) is 24.3 Å². The Balaban J connectivity index is 2.63. The van der Waals surface area contributed by atoms with Gasteiger partial charge in [0, 0.05) is 31.3 Å². The molecule has 0 bridgehead atoms. The summed E-state index contributed by atoms with van der Waals surface area (Å²) < 4.78 is 0. The Morgan fingerprint density at radius 1 is 1.42 bits per heavy atom. The lowest BCUT2D eigenvalue weighted by Crippen LogP contribution is -2.35. The Morgan fingerprint density at radius 3 is 2.58 bits per heavy atom. The maximum atomic E-state index is 12.1. The highest BCUT2D eigenvalue weighted by atomic mass is 16.3. The van der Waals surface area contributed by atoms with Crippen LogP contribution in [-0.4, -0.2) is 24.1 Å². The van der Waals surface area contributed by atoms with Crippen LogP contribution in [0.5, 0.6) is 5.75 Å². The Morgan fingerprint density at radius 2 is 2.05 bits per heavy atom. The number of hydrogen-bond acceptors (Lipinski definition) is 3. The summed E-state index contributed by atoms with van der Waals surface area (Å²) in [5, 5.41) is 9.42. The van der Waals surface area contributed by atoms with Gasteiger partial charge >= 0.3 is 0 Å². The van der Waals surface area contributed by atoms with Crippen molar-refractivity contribution in [2.75, 3.05) is 11.9 Å². The fourth-order valence-corrected chi connectivity index (χ4v) is 2.07. The molecule has 0 saturated carbocycles. The molecule has 3 N–H and O–H groups in total. The smallest absolute Gasteiger partial charge is 0.228 e. The van der Waals surface area contributed by atoms with E-state index in [1.165, 1.54) is 4.90 Å². The molecule has 0 heterocycles. The van der Waals surface area contributed by atoms with Gasteiger partial charge in [0.2, 0.25) is 5.91 Å². The van der Waals surface area contributed by atoms with E-state index in [1.807, 2.05) is 0 Å². The standard InChI is InChI=1S/C15H24N2O2/c1-15(2,3)10-11(16)8-14(19)17(4)12-6-5-7-13(18)9-12/h5-7,9,11,18H,8,10,16H2,1-4H3. The van der Waals surface area contributed by atoms with E-state index in [1.54, 1.807) is 31.3 Å². The number of benzene rings is 1. The number of carbonyl (C=O) groups excluding carboxylic acids is 1. The molecule has 1 aromatic rings. The summed E-state index contributed by atoms with van der Waals surface area (Å²) in [6, 6.07) is 6.49. The maximum Gasteiger partial charge on any atom is 0.228 e. The molecule has 1 atom stereocenters. The van der Waals surface area contributed by atoms with Gasteiger partial charge in [0.15, 0.2) is 0 Å². The van der Waals surface area contributed by atoms with Crippen molar-refractivity contribution in [1.29, 1.82) is 0 Å². The van der Waals surface area contributed by atoms with Gasteiger partial charge in [-0.05, 0) is 24.0 Å². The van der Waals surface area contributed by atoms with Gasteiger partial charge in [0.1, 0.15) is 5.75 Å². The number of rotatable bonds is 4. The van der Waals surface area contributed by atoms with Crippen LogP contribution in [0.1, 0.15) is 33.6 Å². The van der Waals surface area contributed by atoms with Crippen molar-refractivity contribution in [3.63, 3.8) is 0 Å². The van der Waals surface area contributed by atoms with Gasteiger partial charge in [-0.1, -0.05) is 26.8 Å². The highest BCUT2D eigenvalue weighted by Gasteiger charge is 2.20. The zero-order valence-corrected chi connectivity index (χ0v) is 12.2. The third-order valence-corrected chi connectivity index (χ3v) is 2.90. The van der Waals surface area contributed by atoms with E-state index in [0.717, 1.165) is 6.42 Å². The quantitative estimate of drug-likeness (QED) is 0.878. The molecule has 0 spiro atoms. The molecule has 0 aliphatic rings. The van der Waals surface area contributed by atoms with Crippen LogP contribution in [0.25, 0.3) is 0 Å². The molecule has 0 aliphatic heterocycles. The first kappa shape index (κ1) is 15.5. The lowest BCUT2D eigenvalue weighted by molar-refractivity contribution is -0.118. The second kappa shape index (κ2) is 6.06. The van der Waals surface area contributed by atoms with Crippen LogP contribution in [0.2, 0.25) is 0 Å². The minimum Gasteiger partial charge on any atom is -0.508 e. The summed E-state index contributed by atoms with van der Waals surface area (Å²) in [6.07, 6.45) is 1.11. The van der Waals surface area contributed by atoms with Gasteiger partial charge in [-0.2, -0.15) is 0 Å². The molecule has 1 amide bonds. The zero-order valence-electron chi connectivity index (χ0n) is 12.2. The molecular formula is C15H24N2O2. The number of phenolic OH excluding ortho intramolecular Hbond substituents is 1. The third-order valence-electron chi connectivity index (χ3n) is 2.90. The summed E-state index contributed by atoms with van der Waals surface area (Å²) in [6.45, 7) is 6.32. The first-order chi connectivity index (χ1) is 8.69. The van der Waals surface area contributed by atoms with Crippen molar-refractivity contribution in [2.45, 2.75) is 39.7 Å². The van der Waals surface area contributed by atoms with Gasteiger partial charge in [-0.25, -0.2) is 0 Å². The molecule has 0 aliphatic carbocycles. The number of anilines is 1. The fraction of sp³-hybridized carbons (Fsp3) is 0.533. The van der Waals surface area contributed by atoms with Gasteiger partial charge in [0.05, 0.1) is 0 Å². The summed E-state index contributed by atoms with van der Waals surface area (Å²) in [5.41, 5.74) is 6.80. The molecule has 19 heavy (non-hydrogen) atoms. The lowest BCUT2D eigenvalue weighted by Gasteiger charge is -2.25. The van der Waals surface area contributed by atoms with Crippen LogP contribution < -0.4 is 10.6 Å². The monoisotopic (exact) mass is 264 g/mol. The molecule has 4 nitrogen and oxygen atoms in total. The molecule has 0 saturated heterocycles. The van der Waals surface area contributed by atoms with Gasteiger partial charge < -0.3 is 15.7 Å². The minimum absolute atomic E-state index is 0.0395. The molecule has 0 radical (unpaired) electrons. The van der Waals surface area contributed by atoms with E-state index in [-0.39, 0.29) is 23.1 Å². The van der Waals surface area contributed by atoms with Crippen molar-refractivity contribution in [2.24, 2.45) is 11.1 Å². The summed E-state index contributed by atoms with van der Waals surface area (Å²) >= 11 is 0. The van der Waals surface area contributed by atoms with E-state index in [0.29, 0.717) is 12.1 Å². The minimum atomic E-state index is -0.146. The second-order valence-electron chi connectivity index (χ2n) is 6.20. The predicted molar refractivity (Wildman–Crippen MR) is 78.2 cm³/mol. The van der Waals surface area contributed by atoms with Gasteiger partial charge in [-0.15, -0.1) is 0 Å². The Kier molecular flexibility index (Phi) is 4.95. The van der Waals surface area contributed by atoms with E-state index in [9.17, 15) is 9.90 Å². The van der Waals surface area contributed by atoms with Crippen molar-refractivity contribution < 1.29 is 9.90 Å². The normalized spacial score (nSPS) is 13.1. The Labute approximate surface area is 115 Å². The Bertz CT molecular complexity index is 438. The fourth-order valence-electron chi connectivity index (χ4n) is 2.07. The van der Waals surface area contributed by atoms with Crippen molar-refractivity contribution in [3.05, 3.63) is 24.3 Å². The van der Waals surface area contributed by atoms with E-state index < -0.39 is 0 Å². The SMILES string of the molecule is CN(C(=O)CC(N)CC(C)(C)C)c1cccc(O)c1. The molecule has 1 unspecified atom stereocenters. The first-order valence-corrected chi connectivity index (χ1v) is 6.50.